The summed E-state index contributed by atoms with van der Waals surface area (Å²) in [6.07, 6.45) is 0. The molecule has 0 spiro atoms. The van der Waals surface area contributed by atoms with Crippen molar-refractivity contribution in [2.75, 3.05) is 0 Å². The van der Waals surface area contributed by atoms with Crippen molar-refractivity contribution in [3.05, 3.63) is 46.1 Å². The molecular weight excluding hydrogens is 266 g/mol. The smallest absolute Gasteiger partial charge is 0.211 e. The standard InChI is InChI=1S/C10H6ClNO2.C4H10O/c11-7-8(12)10(14)6-4-2-1-3-5(6)9(7)13;1-4(2,3)5/h1-4H,12H2;5H,1-3H3. The van der Waals surface area contributed by atoms with Crippen LogP contribution in [-0.2, 0) is 0 Å². The van der Waals surface area contributed by atoms with Crippen molar-refractivity contribution in [2.24, 2.45) is 5.73 Å². The van der Waals surface area contributed by atoms with Gasteiger partial charge in [0.25, 0.3) is 0 Å². The third-order valence-corrected chi connectivity index (χ3v) is 2.47. The Morgan fingerprint density at radius 2 is 1.42 bits per heavy atom. The molecule has 3 N–H and O–H groups in total. The van der Waals surface area contributed by atoms with Gasteiger partial charge in [-0.05, 0) is 20.8 Å². The van der Waals surface area contributed by atoms with E-state index in [1.807, 2.05) is 0 Å². The van der Waals surface area contributed by atoms with Crippen molar-refractivity contribution in [3.63, 3.8) is 0 Å². The van der Waals surface area contributed by atoms with Gasteiger partial charge in [0, 0.05) is 11.1 Å². The number of ketones is 2. The fraction of sp³-hybridized carbons (Fsp3) is 0.286. The Bertz CT molecular complexity index is 507. The van der Waals surface area contributed by atoms with Crippen LogP contribution in [0.4, 0.5) is 0 Å². The molecule has 0 aliphatic heterocycles. The zero-order valence-corrected chi connectivity index (χ0v) is 11.8. The topological polar surface area (TPSA) is 80.4 Å². The van der Waals surface area contributed by atoms with Gasteiger partial charge in [0.2, 0.25) is 11.6 Å². The van der Waals surface area contributed by atoms with E-state index < -0.39 is 5.60 Å². The number of aliphatic hydroxyl groups is 1. The van der Waals surface area contributed by atoms with Gasteiger partial charge in [0.05, 0.1) is 5.60 Å². The molecule has 0 unspecified atom stereocenters. The third kappa shape index (κ3) is 3.91. The second-order valence-corrected chi connectivity index (χ2v) is 5.48. The molecule has 19 heavy (non-hydrogen) atoms. The summed E-state index contributed by atoms with van der Waals surface area (Å²) in [7, 11) is 0. The van der Waals surface area contributed by atoms with Gasteiger partial charge < -0.3 is 10.8 Å². The number of rotatable bonds is 0. The highest BCUT2D eigenvalue weighted by molar-refractivity contribution is 6.49. The lowest BCUT2D eigenvalue weighted by atomic mass is 9.93. The molecule has 1 aromatic carbocycles. The summed E-state index contributed by atoms with van der Waals surface area (Å²) < 4.78 is 0. The van der Waals surface area contributed by atoms with Crippen LogP contribution in [0.2, 0.25) is 0 Å². The molecule has 2 rings (SSSR count). The number of carbonyl (C=O) groups excluding carboxylic acids is 2. The Morgan fingerprint density at radius 1 is 1.05 bits per heavy atom. The molecule has 0 atom stereocenters. The van der Waals surface area contributed by atoms with Crippen molar-refractivity contribution >= 4 is 23.2 Å². The van der Waals surface area contributed by atoms with E-state index >= 15 is 0 Å². The number of Topliss-reactive ketones (excluding diaryl/α,β-unsaturated/α-hetero) is 2. The monoisotopic (exact) mass is 281 g/mol. The first kappa shape index (κ1) is 15.4. The highest BCUT2D eigenvalue weighted by atomic mass is 35.5. The second kappa shape index (κ2) is 5.55. The molecule has 1 aliphatic carbocycles. The molecular formula is C14H16ClNO3. The van der Waals surface area contributed by atoms with Gasteiger partial charge in [-0.25, -0.2) is 0 Å². The lowest BCUT2D eigenvalue weighted by Gasteiger charge is -2.13. The molecule has 0 radical (unpaired) electrons. The average molecular weight is 282 g/mol. The number of nitrogens with two attached hydrogens (primary N) is 1. The van der Waals surface area contributed by atoms with E-state index in [4.69, 9.17) is 22.4 Å². The number of carbonyl (C=O) groups is 2. The highest BCUT2D eigenvalue weighted by Gasteiger charge is 2.29. The van der Waals surface area contributed by atoms with Gasteiger partial charge >= 0.3 is 0 Å². The summed E-state index contributed by atoms with van der Waals surface area (Å²) in [6, 6.07) is 6.47. The maximum Gasteiger partial charge on any atom is 0.211 e. The van der Waals surface area contributed by atoms with Crippen LogP contribution in [0, 0.1) is 0 Å². The summed E-state index contributed by atoms with van der Waals surface area (Å²) >= 11 is 5.62. The van der Waals surface area contributed by atoms with Crippen LogP contribution >= 0.6 is 11.6 Å². The molecule has 0 saturated carbocycles. The zero-order chi connectivity index (χ0) is 14.8. The van der Waals surface area contributed by atoms with Crippen LogP contribution < -0.4 is 5.73 Å². The van der Waals surface area contributed by atoms with E-state index in [0.717, 1.165) is 0 Å². The third-order valence-electron chi connectivity index (χ3n) is 2.10. The number of halogens is 1. The Labute approximate surface area is 116 Å². The van der Waals surface area contributed by atoms with E-state index in [1.54, 1.807) is 45.0 Å². The SMILES string of the molecule is CC(C)(C)O.NC1=C(Cl)C(=O)c2ccccc2C1=O. The van der Waals surface area contributed by atoms with Crippen molar-refractivity contribution in [1.29, 1.82) is 0 Å². The minimum absolute atomic E-state index is 0.171. The zero-order valence-electron chi connectivity index (χ0n) is 11.0. The molecule has 4 nitrogen and oxygen atoms in total. The fourth-order valence-corrected chi connectivity index (χ4v) is 1.55. The highest BCUT2D eigenvalue weighted by Crippen LogP contribution is 2.25. The van der Waals surface area contributed by atoms with Crippen LogP contribution in [0.25, 0.3) is 0 Å². The lowest BCUT2D eigenvalue weighted by Crippen LogP contribution is -2.24. The molecule has 5 heteroatoms. The quantitative estimate of drug-likeness (QED) is 0.764. The normalized spacial score (nSPS) is 14.8. The Hall–Kier alpha value is -1.65. The summed E-state index contributed by atoms with van der Waals surface area (Å²) in [5, 5.41) is 8.33. The predicted molar refractivity (Wildman–Crippen MR) is 74.1 cm³/mol. The number of allylic oxidation sites excluding steroid dienone is 2. The summed E-state index contributed by atoms with van der Waals surface area (Å²) in [5.74, 6) is -0.774. The van der Waals surface area contributed by atoms with Gasteiger partial charge in [-0.2, -0.15) is 0 Å². The molecule has 0 fully saturated rings. The molecule has 0 amide bonds. The summed E-state index contributed by atoms with van der Waals surface area (Å²) in [6.45, 7) is 5.23. The van der Waals surface area contributed by atoms with Crippen LogP contribution in [0.15, 0.2) is 35.0 Å². The Morgan fingerprint density at radius 3 is 1.84 bits per heavy atom. The number of fused-ring (bicyclic) bond motifs is 1. The molecule has 1 aromatic rings. The lowest BCUT2D eigenvalue weighted by molar-refractivity contribution is 0.0979. The summed E-state index contributed by atoms with van der Waals surface area (Å²) in [4.78, 5) is 23.1. The molecule has 1 aliphatic rings. The molecule has 102 valence electrons. The minimum Gasteiger partial charge on any atom is -0.394 e. The second-order valence-electron chi connectivity index (χ2n) is 5.10. The van der Waals surface area contributed by atoms with Gasteiger partial charge in [-0.1, -0.05) is 35.9 Å². The maximum absolute atomic E-state index is 11.6. The van der Waals surface area contributed by atoms with Gasteiger partial charge in [-0.3, -0.25) is 9.59 Å². The van der Waals surface area contributed by atoms with E-state index in [2.05, 4.69) is 0 Å². The largest absolute Gasteiger partial charge is 0.394 e. The van der Waals surface area contributed by atoms with Gasteiger partial charge in [-0.15, -0.1) is 0 Å². The van der Waals surface area contributed by atoms with Gasteiger partial charge in [0.15, 0.2) is 0 Å². The first-order valence-electron chi connectivity index (χ1n) is 5.69. The van der Waals surface area contributed by atoms with Gasteiger partial charge in [0.1, 0.15) is 10.7 Å². The first-order chi connectivity index (χ1) is 8.63. The maximum atomic E-state index is 11.6. The van der Waals surface area contributed by atoms with E-state index in [1.165, 1.54) is 0 Å². The minimum atomic E-state index is -0.500. The van der Waals surface area contributed by atoms with Crippen LogP contribution in [-0.4, -0.2) is 22.3 Å². The first-order valence-corrected chi connectivity index (χ1v) is 6.06. The Kier molecular flexibility index (Phi) is 4.50. The van der Waals surface area contributed by atoms with Crippen LogP contribution in [0.3, 0.4) is 0 Å². The number of benzene rings is 1. The molecule has 0 heterocycles. The van der Waals surface area contributed by atoms with Crippen LogP contribution in [0.5, 0.6) is 0 Å². The predicted octanol–water partition coefficient (Wildman–Crippen LogP) is 2.25. The summed E-state index contributed by atoms with van der Waals surface area (Å²) in [5.41, 5.74) is 5.37. The Balaban J connectivity index is 0.000000312. The number of hydrogen-bond acceptors (Lipinski definition) is 4. The van der Waals surface area contributed by atoms with Crippen LogP contribution in [0.1, 0.15) is 41.5 Å². The van der Waals surface area contributed by atoms with Crippen molar-refractivity contribution in [3.8, 4) is 0 Å². The van der Waals surface area contributed by atoms with E-state index in [9.17, 15) is 9.59 Å². The van der Waals surface area contributed by atoms with E-state index in [0.29, 0.717) is 11.1 Å². The fourth-order valence-electron chi connectivity index (χ4n) is 1.36. The van der Waals surface area contributed by atoms with Crippen molar-refractivity contribution in [2.45, 2.75) is 26.4 Å². The molecule has 0 aromatic heterocycles. The van der Waals surface area contributed by atoms with Crippen molar-refractivity contribution in [1.82, 2.24) is 0 Å². The molecule has 0 saturated heterocycles. The average Bonchev–Trinajstić information content (AvgIpc) is 2.32. The molecule has 0 bridgehead atoms. The van der Waals surface area contributed by atoms with E-state index in [-0.39, 0.29) is 22.3 Å². The van der Waals surface area contributed by atoms with Crippen molar-refractivity contribution < 1.29 is 14.7 Å². The number of hydrogen-bond donors (Lipinski definition) is 2.